The summed E-state index contributed by atoms with van der Waals surface area (Å²) < 4.78 is 13.2. The average molecular weight is 1050 g/mol. The minimum atomic E-state index is -0.541. The van der Waals surface area contributed by atoms with Gasteiger partial charge < -0.3 is 29.9 Å². The fourth-order valence-electron chi connectivity index (χ4n) is 10.4. The number of halogens is 1. The van der Waals surface area contributed by atoms with Gasteiger partial charge >= 0.3 is 0 Å². The topological polar surface area (TPSA) is 169 Å². The lowest BCUT2D eigenvalue weighted by atomic mass is 9.90. The lowest BCUT2D eigenvalue weighted by molar-refractivity contribution is -0.141. The van der Waals surface area contributed by atoms with Crippen LogP contribution in [0.5, 0.6) is 0 Å². The highest BCUT2D eigenvalue weighted by Crippen LogP contribution is 2.42. The van der Waals surface area contributed by atoms with Crippen molar-refractivity contribution in [2.24, 2.45) is 23.7 Å². The number of fused-ring (bicyclic) bond motifs is 2. The number of ether oxygens (including phenoxy) is 2. The first-order chi connectivity index (χ1) is 35.5. The van der Waals surface area contributed by atoms with Crippen LogP contribution >= 0.6 is 34.3 Å². The van der Waals surface area contributed by atoms with E-state index in [-0.39, 0.29) is 59.4 Å². The second kappa shape index (κ2) is 24.3. The van der Waals surface area contributed by atoms with Gasteiger partial charge in [-0.1, -0.05) is 87.8 Å². The number of carbonyl (C=O) groups excluding carboxylic acids is 4. The van der Waals surface area contributed by atoms with Crippen LogP contribution in [0.4, 0.5) is 0 Å². The standard InChI is InChI=1S/C28H33ClN4O3S.C28H34N4O3S/c1-3-17(2)26(34)31-23(18-11-15-36-16-12-18)28(35)33-14-6-9-21(33)27-32-25-22(37-27)10-13-30-24(25)19-7-4-5-8-20(19)29;1-3-18(2)26(33)30-24(20-12-16-35-17-13-20)28(34)32-15-7-10-21(32)27-31-25-22(36-27)11-14-29-23(25)19-8-5-4-6-9-19/h4-5,7-8,10,13,17-18,21,23H,3,6,9,11-12,14-16H2,1-2H3,(H,31,34);4-6,8-9,11,14,18,20-21,24H,3,7,10,12-13,15-17H2,1-2H3,(H,30,33)/t17-,21+,23+;18-,21+,24+/m11/s1. The number of nitrogens with zero attached hydrogens (tertiary/aromatic N) is 6. The van der Waals surface area contributed by atoms with Gasteiger partial charge in [-0.2, -0.15) is 0 Å². The minimum Gasteiger partial charge on any atom is -0.381 e. The quantitative estimate of drug-likeness (QED) is 0.107. The highest BCUT2D eigenvalue weighted by Gasteiger charge is 2.42. The third-order valence-corrected chi connectivity index (χ3v) is 17.8. The van der Waals surface area contributed by atoms with E-state index >= 15 is 0 Å². The molecule has 0 radical (unpaired) electrons. The van der Waals surface area contributed by atoms with E-state index in [0.29, 0.717) is 44.5 Å². The van der Waals surface area contributed by atoms with E-state index in [9.17, 15) is 19.2 Å². The summed E-state index contributed by atoms with van der Waals surface area (Å²) in [7, 11) is 0. The molecule has 73 heavy (non-hydrogen) atoms. The number of aromatic nitrogens is 4. The van der Waals surface area contributed by atoms with E-state index in [1.807, 2.05) is 110 Å². The maximum atomic E-state index is 14.0. The van der Waals surface area contributed by atoms with Crippen molar-refractivity contribution >= 4 is 78.3 Å². The molecule has 17 heteroatoms. The molecule has 8 heterocycles. The number of thiazole rings is 2. The molecule has 4 aliphatic rings. The van der Waals surface area contributed by atoms with Crippen LogP contribution in [-0.4, -0.2) is 105 Å². The Morgan fingerprint density at radius 3 is 1.56 bits per heavy atom. The van der Waals surface area contributed by atoms with Crippen LogP contribution in [-0.2, 0) is 28.7 Å². The Morgan fingerprint density at radius 1 is 0.630 bits per heavy atom. The monoisotopic (exact) mass is 1050 g/mol. The summed E-state index contributed by atoms with van der Waals surface area (Å²) in [6, 6.07) is 20.4. The number of nitrogens with one attached hydrogen (secondary N) is 2. The van der Waals surface area contributed by atoms with E-state index in [1.165, 1.54) is 0 Å². The number of benzene rings is 2. The first-order valence-electron chi connectivity index (χ1n) is 26.2. The van der Waals surface area contributed by atoms with E-state index in [4.69, 9.17) is 31.0 Å². The van der Waals surface area contributed by atoms with Crippen LogP contribution in [0.3, 0.4) is 0 Å². The van der Waals surface area contributed by atoms with Crippen molar-refractivity contribution in [3.05, 3.63) is 94.2 Å². The zero-order chi connectivity index (χ0) is 51.0. The van der Waals surface area contributed by atoms with Gasteiger partial charge in [0.25, 0.3) is 0 Å². The summed E-state index contributed by atoms with van der Waals surface area (Å²) in [5, 5.41) is 8.73. The summed E-state index contributed by atoms with van der Waals surface area (Å²) in [4.78, 5) is 77.0. The number of likely N-dealkylation sites (tertiary alicyclic amines) is 2. The van der Waals surface area contributed by atoms with E-state index in [1.54, 1.807) is 28.9 Å². The van der Waals surface area contributed by atoms with Crippen molar-refractivity contribution in [1.29, 1.82) is 0 Å². The van der Waals surface area contributed by atoms with Crippen molar-refractivity contribution in [1.82, 2.24) is 40.4 Å². The third-order valence-electron chi connectivity index (χ3n) is 15.2. The van der Waals surface area contributed by atoms with Gasteiger partial charge in [-0.3, -0.25) is 29.1 Å². The Labute approximate surface area is 441 Å². The molecule has 386 valence electrons. The number of rotatable bonds is 14. The molecule has 4 aromatic heterocycles. The Morgan fingerprint density at radius 2 is 1.08 bits per heavy atom. The summed E-state index contributed by atoms with van der Waals surface area (Å²) in [5.74, 6) is -0.189. The molecule has 0 aliphatic carbocycles. The minimum absolute atomic E-state index is 0.00485. The summed E-state index contributed by atoms with van der Waals surface area (Å²) in [5.41, 5.74) is 5.19. The number of carbonyl (C=O) groups is 4. The molecule has 0 spiro atoms. The molecule has 2 N–H and O–H groups in total. The molecule has 0 saturated carbocycles. The van der Waals surface area contributed by atoms with E-state index in [0.717, 1.165) is 117 Å². The van der Waals surface area contributed by atoms with Crippen molar-refractivity contribution < 1.29 is 28.7 Å². The summed E-state index contributed by atoms with van der Waals surface area (Å²) >= 11 is 9.73. The molecule has 4 amide bonds. The second-order valence-corrected chi connectivity index (χ2v) is 22.4. The molecule has 14 nitrogen and oxygen atoms in total. The van der Waals surface area contributed by atoms with E-state index in [2.05, 4.69) is 20.6 Å². The number of pyridine rings is 2. The van der Waals surface area contributed by atoms with Gasteiger partial charge in [0.05, 0.1) is 37.9 Å². The molecule has 4 fully saturated rings. The molecule has 4 saturated heterocycles. The maximum Gasteiger partial charge on any atom is 0.246 e. The fourth-order valence-corrected chi connectivity index (χ4v) is 12.9. The van der Waals surface area contributed by atoms with Gasteiger partial charge in [0.15, 0.2) is 0 Å². The molecule has 0 bridgehead atoms. The molecule has 10 rings (SSSR count). The molecular weight excluding hydrogens is 980 g/mol. The van der Waals surface area contributed by atoms with Gasteiger partial charge in [0, 0.05) is 74.9 Å². The SMILES string of the molecule is CC[C@@H](C)C(=O)N[C@H](C(=O)N1CCC[C@H]1c1nc2c(-c3ccccc3)nccc2s1)C1CCOCC1.CC[C@@H](C)C(=O)N[C@H](C(=O)N1CCC[C@H]1c1nc2c(-c3ccccc3Cl)nccc2s1)C1CCOCC1. The van der Waals surface area contributed by atoms with Crippen LogP contribution in [0.25, 0.3) is 42.9 Å². The zero-order valence-electron chi connectivity index (χ0n) is 42.3. The number of hydrogen-bond donors (Lipinski definition) is 2. The van der Waals surface area contributed by atoms with Gasteiger partial charge in [-0.05, 0) is 94.2 Å². The molecule has 6 atom stereocenters. The van der Waals surface area contributed by atoms with Crippen molar-refractivity contribution in [3.8, 4) is 22.5 Å². The zero-order valence-corrected chi connectivity index (χ0v) is 44.7. The van der Waals surface area contributed by atoms with Gasteiger partial charge in [0.2, 0.25) is 23.6 Å². The van der Waals surface area contributed by atoms with Gasteiger partial charge in [0.1, 0.15) is 33.1 Å². The lowest BCUT2D eigenvalue weighted by Gasteiger charge is -2.35. The largest absolute Gasteiger partial charge is 0.381 e. The Balaban J connectivity index is 0.000000180. The Hall–Kier alpha value is -5.39. The summed E-state index contributed by atoms with van der Waals surface area (Å²) in [6.45, 7) is 11.6. The highest BCUT2D eigenvalue weighted by atomic mass is 35.5. The maximum absolute atomic E-state index is 14.0. The Bertz CT molecular complexity index is 2870. The third kappa shape index (κ3) is 11.8. The van der Waals surface area contributed by atoms with Crippen molar-refractivity contribution in [3.63, 3.8) is 0 Å². The molecule has 6 aromatic rings. The van der Waals surface area contributed by atoms with Crippen molar-refractivity contribution in [2.45, 2.75) is 116 Å². The van der Waals surface area contributed by atoms with Crippen LogP contribution in [0.1, 0.15) is 114 Å². The normalized spacial score (nSPS) is 20.3. The predicted molar refractivity (Wildman–Crippen MR) is 288 cm³/mol. The Kier molecular flexibility index (Phi) is 17.5. The van der Waals surface area contributed by atoms with Gasteiger partial charge in [-0.15, -0.1) is 22.7 Å². The van der Waals surface area contributed by atoms with Crippen LogP contribution in [0.15, 0.2) is 79.1 Å². The molecular formula is C56H67ClN8O6S2. The summed E-state index contributed by atoms with van der Waals surface area (Å²) in [6.07, 6.45) is 11.7. The number of hydrogen-bond acceptors (Lipinski definition) is 12. The number of amides is 4. The first-order valence-corrected chi connectivity index (χ1v) is 28.2. The fraction of sp³-hybridized carbons (Fsp3) is 0.500. The van der Waals surface area contributed by atoms with Crippen molar-refractivity contribution in [2.75, 3.05) is 39.5 Å². The van der Waals surface area contributed by atoms with E-state index < -0.39 is 12.1 Å². The van der Waals surface area contributed by atoms with Crippen LogP contribution < -0.4 is 10.6 Å². The molecule has 0 unspecified atom stereocenters. The predicted octanol–water partition coefficient (Wildman–Crippen LogP) is 10.6. The van der Waals surface area contributed by atoms with Crippen LogP contribution in [0, 0.1) is 23.7 Å². The second-order valence-electron chi connectivity index (χ2n) is 19.8. The lowest BCUT2D eigenvalue weighted by Crippen LogP contribution is -2.54. The first kappa shape index (κ1) is 52.5. The molecule has 4 aliphatic heterocycles. The van der Waals surface area contributed by atoms with Crippen LogP contribution in [0.2, 0.25) is 5.02 Å². The average Bonchev–Trinajstić information content (AvgIpc) is 4.28. The highest BCUT2D eigenvalue weighted by molar-refractivity contribution is 7.19. The van der Waals surface area contributed by atoms with Gasteiger partial charge in [-0.25, -0.2) is 9.97 Å². The smallest absolute Gasteiger partial charge is 0.246 e. The molecule has 2 aromatic carbocycles.